The molecule has 0 aromatic carbocycles. The molecule has 21 heavy (non-hydrogen) atoms. The number of carbonyl (C=O) groups excluding carboxylic acids is 1. The van der Waals surface area contributed by atoms with Gasteiger partial charge in [-0.05, 0) is 26.0 Å². The van der Waals surface area contributed by atoms with Gasteiger partial charge in [0.15, 0.2) is 0 Å². The molecule has 2 amide bonds. The number of hydrogen-bond acceptors (Lipinski definition) is 4. The summed E-state index contributed by atoms with van der Waals surface area (Å²) in [6.07, 6.45) is 5.55. The molecule has 2 fully saturated rings. The van der Waals surface area contributed by atoms with Crippen molar-refractivity contribution in [2.45, 2.75) is 37.0 Å². The molecule has 1 aliphatic heterocycles. The van der Waals surface area contributed by atoms with Crippen LogP contribution in [0.25, 0.3) is 0 Å². The molecule has 0 radical (unpaired) electrons. The van der Waals surface area contributed by atoms with E-state index in [9.17, 15) is 14.7 Å². The van der Waals surface area contributed by atoms with Crippen molar-refractivity contribution in [3.63, 3.8) is 0 Å². The van der Waals surface area contributed by atoms with Gasteiger partial charge < -0.3 is 20.1 Å². The monoisotopic (exact) mass is 316 g/mol. The molecular weight excluding hydrogens is 292 g/mol. The smallest absolute Gasteiger partial charge is 0.317 e. The Labute approximate surface area is 129 Å². The summed E-state index contributed by atoms with van der Waals surface area (Å²) in [6.45, 7) is 3.47. The van der Waals surface area contributed by atoms with Gasteiger partial charge in [-0.25, -0.2) is 4.79 Å². The minimum atomic E-state index is -0.900. The second-order valence-electron chi connectivity index (χ2n) is 5.73. The Morgan fingerprint density at radius 1 is 1.43 bits per heavy atom. The van der Waals surface area contributed by atoms with Gasteiger partial charge in [0.25, 0.3) is 0 Å². The molecule has 2 aliphatic rings. The lowest BCUT2D eigenvalue weighted by Gasteiger charge is -2.41. The summed E-state index contributed by atoms with van der Waals surface area (Å²) in [7, 11) is 0. The number of carboxylic acid groups (broad SMARTS) is 1. The molecule has 2 atom stereocenters. The zero-order valence-corrected chi connectivity index (χ0v) is 13.4. The third-order valence-corrected chi connectivity index (χ3v) is 6.05. The van der Waals surface area contributed by atoms with Gasteiger partial charge in [-0.1, -0.05) is 6.42 Å². The van der Waals surface area contributed by atoms with Crippen LogP contribution in [0.3, 0.4) is 0 Å². The summed E-state index contributed by atoms with van der Waals surface area (Å²) >= 11 is 1.81. The van der Waals surface area contributed by atoms with Gasteiger partial charge in [-0.3, -0.25) is 4.79 Å². The molecule has 7 heteroatoms. The highest BCUT2D eigenvalue weighted by Crippen LogP contribution is 2.42. The van der Waals surface area contributed by atoms with Crippen molar-refractivity contribution in [3.8, 4) is 0 Å². The van der Waals surface area contributed by atoms with Crippen LogP contribution in [0.2, 0.25) is 0 Å². The number of urea groups is 1. The Hall–Kier alpha value is -0.950. The zero-order chi connectivity index (χ0) is 15.5. The number of thioether (sulfide) groups is 1. The Kier molecular flexibility index (Phi) is 5.37. The van der Waals surface area contributed by atoms with E-state index >= 15 is 0 Å². The Balaban J connectivity index is 1.93. The lowest BCUT2D eigenvalue weighted by molar-refractivity contribution is -0.142. The first-order valence-corrected chi connectivity index (χ1v) is 8.65. The van der Waals surface area contributed by atoms with Crippen LogP contribution in [0.15, 0.2) is 0 Å². The summed E-state index contributed by atoms with van der Waals surface area (Å²) in [5.74, 6) is -1.53. The van der Waals surface area contributed by atoms with E-state index in [2.05, 4.69) is 11.6 Å². The number of hydrogen-bond donors (Lipinski definition) is 2. The lowest BCUT2D eigenvalue weighted by atomic mass is 9.84. The highest BCUT2D eigenvalue weighted by molar-refractivity contribution is 8.00. The molecule has 0 spiro atoms. The number of nitrogens with one attached hydrogen (secondary N) is 1. The fourth-order valence-electron chi connectivity index (χ4n) is 2.98. The lowest BCUT2D eigenvalue weighted by Crippen LogP contribution is -2.54. The molecular formula is C14H24N2O4S. The predicted molar refractivity (Wildman–Crippen MR) is 81.6 cm³/mol. The number of carboxylic acids is 1. The summed E-state index contributed by atoms with van der Waals surface area (Å²) in [6, 6.07) is -0.557. The van der Waals surface area contributed by atoms with Gasteiger partial charge in [-0.2, -0.15) is 11.8 Å². The minimum Gasteiger partial charge on any atom is -0.481 e. The number of aliphatic carboxylic acids is 1. The van der Waals surface area contributed by atoms with E-state index in [-0.39, 0.29) is 23.4 Å². The number of nitrogens with zero attached hydrogens (tertiary/aromatic N) is 1. The molecule has 6 nitrogen and oxygen atoms in total. The van der Waals surface area contributed by atoms with Crippen LogP contribution in [0.1, 0.15) is 26.2 Å². The van der Waals surface area contributed by atoms with Gasteiger partial charge in [0, 0.05) is 17.8 Å². The van der Waals surface area contributed by atoms with Crippen LogP contribution in [0.5, 0.6) is 0 Å². The fraction of sp³-hybridized carbons (Fsp3) is 0.857. The maximum Gasteiger partial charge on any atom is 0.317 e. The van der Waals surface area contributed by atoms with Crippen molar-refractivity contribution < 1.29 is 19.4 Å². The third-order valence-electron chi connectivity index (χ3n) is 4.63. The van der Waals surface area contributed by atoms with Gasteiger partial charge in [0.2, 0.25) is 0 Å². The quantitative estimate of drug-likeness (QED) is 0.774. The van der Waals surface area contributed by atoms with E-state index in [1.807, 2.05) is 6.92 Å². The zero-order valence-electron chi connectivity index (χ0n) is 12.6. The molecule has 2 unspecified atom stereocenters. The van der Waals surface area contributed by atoms with Gasteiger partial charge in [0.1, 0.15) is 5.92 Å². The Bertz CT molecular complexity index is 395. The second kappa shape index (κ2) is 6.87. The summed E-state index contributed by atoms with van der Waals surface area (Å²) in [5.41, 5.74) is 0. The number of rotatable bonds is 6. The topological polar surface area (TPSA) is 78.9 Å². The van der Waals surface area contributed by atoms with Crippen LogP contribution in [-0.2, 0) is 9.53 Å². The first kappa shape index (κ1) is 16.4. The van der Waals surface area contributed by atoms with Crippen LogP contribution >= 0.6 is 11.8 Å². The van der Waals surface area contributed by atoms with Gasteiger partial charge in [0.05, 0.1) is 19.3 Å². The summed E-state index contributed by atoms with van der Waals surface area (Å²) < 4.78 is 5.43. The normalized spacial score (nSPS) is 27.0. The molecule has 2 N–H and O–H groups in total. The second-order valence-corrected chi connectivity index (χ2v) is 7.01. The molecule has 0 aromatic rings. The van der Waals surface area contributed by atoms with Crippen molar-refractivity contribution in [2.75, 3.05) is 32.6 Å². The van der Waals surface area contributed by atoms with E-state index in [0.29, 0.717) is 19.7 Å². The molecule has 120 valence electrons. The first-order chi connectivity index (χ1) is 10.0. The van der Waals surface area contributed by atoms with E-state index in [4.69, 9.17) is 4.74 Å². The van der Waals surface area contributed by atoms with Crippen LogP contribution in [0, 0.1) is 5.92 Å². The Morgan fingerprint density at radius 3 is 2.62 bits per heavy atom. The van der Waals surface area contributed by atoms with Crippen LogP contribution < -0.4 is 5.32 Å². The van der Waals surface area contributed by atoms with E-state index in [1.54, 1.807) is 16.7 Å². The van der Waals surface area contributed by atoms with E-state index in [0.717, 1.165) is 12.8 Å². The summed E-state index contributed by atoms with van der Waals surface area (Å²) in [4.78, 5) is 25.2. The molecule has 0 aromatic heterocycles. The number of ether oxygens (including phenoxy) is 1. The van der Waals surface area contributed by atoms with Crippen molar-refractivity contribution >= 4 is 23.8 Å². The average molecular weight is 316 g/mol. The molecule has 0 bridgehead atoms. The van der Waals surface area contributed by atoms with Crippen molar-refractivity contribution in [2.24, 2.45) is 5.92 Å². The van der Waals surface area contributed by atoms with Crippen molar-refractivity contribution in [1.82, 2.24) is 10.2 Å². The number of carbonyl (C=O) groups is 2. The maximum atomic E-state index is 12.4. The molecule has 1 saturated carbocycles. The highest BCUT2D eigenvalue weighted by atomic mass is 32.2. The third kappa shape index (κ3) is 3.45. The van der Waals surface area contributed by atoms with Gasteiger partial charge >= 0.3 is 12.0 Å². The number of likely N-dealkylation sites (N-methyl/N-ethyl adjacent to an activating group) is 1. The number of amides is 2. The maximum absolute atomic E-state index is 12.4. The average Bonchev–Trinajstić information content (AvgIpc) is 2.88. The minimum absolute atomic E-state index is 0.174. The van der Waals surface area contributed by atoms with Crippen molar-refractivity contribution in [3.05, 3.63) is 0 Å². The first-order valence-electron chi connectivity index (χ1n) is 7.43. The van der Waals surface area contributed by atoms with Crippen molar-refractivity contribution in [1.29, 1.82) is 0 Å². The molecule has 2 rings (SSSR count). The van der Waals surface area contributed by atoms with E-state index in [1.165, 1.54) is 6.42 Å². The SMILES string of the molecule is CCN(C(=O)NCC1(SC)CCC1)C1COCC1C(=O)O. The van der Waals surface area contributed by atoms with Crippen LogP contribution in [0.4, 0.5) is 4.79 Å². The predicted octanol–water partition coefficient (Wildman–Crippen LogP) is 1.40. The molecule has 1 aliphatic carbocycles. The summed E-state index contributed by atoms with van der Waals surface area (Å²) in [5, 5.41) is 12.2. The Morgan fingerprint density at radius 2 is 2.14 bits per heavy atom. The largest absolute Gasteiger partial charge is 0.481 e. The highest BCUT2D eigenvalue weighted by Gasteiger charge is 2.41. The standard InChI is InChI=1S/C14H24N2O4S/c1-3-16(11-8-20-7-10(11)12(17)18)13(19)15-9-14(21-2)5-4-6-14/h10-11H,3-9H2,1-2H3,(H,15,19)(H,17,18). The molecule has 1 heterocycles. The fourth-order valence-corrected chi connectivity index (χ4v) is 3.89. The van der Waals surface area contributed by atoms with Crippen LogP contribution in [-0.4, -0.2) is 65.4 Å². The van der Waals surface area contributed by atoms with E-state index < -0.39 is 11.9 Å². The molecule has 1 saturated heterocycles. The van der Waals surface area contributed by atoms with Gasteiger partial charge in [-0.15, -0.1) is 0 Å².